The molecular weight excluding hydrogens is 397 g/mol. The maximum Gasteiger partial charge on any atom is 0.410 e. The molecule has 0 radical (unpaired) electrons. The molecule has 0 saturated carbocycles. The summed E-state index contributed by atoms with van der Waals surface area (Å²) >= 11 is 0. The first-order chi connectivity index (χ1) is 15.0. The number of hydrogen-bond acceptors (Lipinski definition) is 4. The average Bonchev–Trinajstić information content (AvgIpc) is 2.76. The Labute approximate surface area is 182 Å². The Balaban J connectivity index is 1.44. The van der Waals surface area contributed by atoms with Crippen LogP contribution in [-0.4, -0.2) is 35.5 Å². The Hall–Kier alpha value is -2.89. The lowest BCUT2D eigenvalue weighted by molar-refractivity contribution is 0.00472. The van der Waals surface area contributed by atoms with E-state index in [-0.39, 0.29) is 36.5 Å². The van der Waals surface area contributed by atoms with Crippen molar-refractivity contribution >= 4 is 11.9 Å². The zero-order valence-corrected chi connectivity index (χ0v) is 17.8. The minimum Gasteiger partial charge on any atom is -0.494 e. The van der Waals surface area contributed by atoms with Gasteiger partial charge < -0.3 is 14.4 Å². The van der Waals surface area contributed by atoms with Crippen LogP contribution >= 0.6 is 0 Å². The number of Topliss-reactive ketones (excluding diaryl/α,β-unsaturated/α-hetero) is 1. The molecule has 5 nitrogen and oxygen atoms in total. The van der Waals surface area contributed by atoms with Gasteiger partial charge in [0.05, 0.1) is 6.61 Å². The molecule has 2 fully saturated rings. The highest BCUT2D eigenvalue weighted by Gasteiger charge is 2.43. The van der Waals surface area contributed by atoms with E-state index in [1.165, 1.54) is 12.1 Å². The van der Waals surface area contributed by atoms with E-state index in [2.05, 4.69) is 0 Å². The summed E-state index contributed by atoms with van der Waals surface area (Å²) in [5.74, 6) is -0.413. The second-order valence-electron chi connectivity index (χ2n) is 8.33. The summed E-state index contributed by atoms with van der Waals surface area (Å²) in [6.07, 6.45) is 3.59. The molecule has 2 atom stereocenters. The summed E-state index contributed by atoms with van der Waals surface area (Å²) in [5, 5.41) is 0. The third-order valence-corrected chi connectivity index (χ3v) is 6.23. The van der Waals surface area contributed by atoms with Crippen molar-refractivity contribution in [1.82, 2.24) is 4.90 Å². The number of nitrogens with zero attached hydrogens (tertiary/aromatic N) is 1. The maximum absolute atomic E-state index is 14.0. The molecule has 0 spiro atoms. The van der Waals surface area contributed by atoms with E-state index in [9.17, 15) is 14.0 Å². The monoisotopic (exact) mass is 425 g/mol. The van der Waals surface area contributed by atoms with Gasteiger partial charge in [0, 0.05) is 29.6 Å². The van der Waals surface area contributed by atoms with E-state index in [4.69, 9.17) is 9.47 Å². The minimum absolute atomic E-state index is 0.0235. The van der Waals surface area contributed by atoms with E-state index in [0.717, 1.165) is 24.8 Å². The number of piperidine rings is 2. The fourth-order valence-electron chi connectivity index (χ4n) is 4.88. The third-order valence-electron chi connectivity index (χ3n) is 6.23. The van der Waals surface area contributed by atoms with E-state index in [0.29, 0.717) is 30.8 Å². The molecule has 6 heteroatoms. The zero-order chi connectivity index (χ0) is 21.8. The van der Waals surface area contributed by atoms with Gasteiger partial charge in [0.25, 0.3) is 0 Å². The normalized spacial score (nSPS) is 22.6. The molecule has 2 bridgehead atoms. The first kappa shape index (κ1) is 21.3. The van der Waals surface area contributed by atoms with Gasteiger partial charge in [0.15, 0.2) is 5.78 Å². The summed E-state index contributed by atoms with van der Waals surface area (Å²) in [6, 6.07) is 13.7. The smallest absolute Gasteiger partial charge is 0.410 e. The van der Waals surface area contributed by atoms with Crippen LogP contribution in [0.5, 0.6) is 5.75 Å². The summed E-state index contributed by atoms with van der Waals surface area (Å²) in [7, 11) is 0. The third kappa shape index (κ3) is 4.89. The zero-order valence-electron chi connectivity index (χ0n) is 17.8. The van der Waals surface area contributed by atoms with E-state index in [1.54, 1.807) is 6.07 Å². The van der Waals surface area contributed by atoms with Crippen molar-refractivity contribution in [2.24, 2.45) is 5.92 Å². The van der Waals surface area contributed by atoms with Crippen LogP contribution in [0.25, 0.3) is 0 Å². The van der Waals surface area contributed by atoms with Crippen LogP contribution in [0.4, 0.5) is 9.18 Å². The van der Waals surface area contributed by atoms with Crippen molar-refractivity contribution in [2.75, 3.05) is 6.61 Å². The Bertz CT molecular complexity index is 918. The van der Waals surface area contributed by atoms with Crippen molar-refractivity contribution < 1.29 is 23.5 Å². The molecule has 4 rings (SSSR count). The van der Waals surface area contributed by atoms with Gasteiger partial charge in [-0.2, -0.15) is 0 Å². The molecule has 0 N–H and O–H groups in total. The number of hydrogen-bond donors (Lipinski definition) is 0. The van der Waals surface area contributed by atoms with Gasteiger partial charge in [0.2, 0.25) is 0 Å². The summed E-state index contributed by atoms with van der Waals surface area (Å²) in [6.45, 7) is 2.46. The molecule has 2 aliphatic rings. The second kappa shape index (κ2) is 9.50. The number of carbonyl (C=O) groups is 2. The predicted octanol–water partition coefficient (Wildman–Crippen LogP) is 5.38. The first-order valence-corrected chi connectivity index (χ1v) is 11.0. The van der Waals surface area contributed by atoms with Gasteiger partial charge in [-0.25, -0.2) is 9.18 Å². The maximum atomic E-state index is 14.0. The molecule has 1 amide bonds. The summed E-state index contributed by atoms with van der Waals surface area (Å²) < 4.78 is 25.0. The topological polar surface area (TPSA) is 55.8 Å². The molecule has 0 aliphatic carbocycles. The quantitative estimate of drug-likeness (QED) is 0.584. The number of ketones is 1. The van der Waals surface area contributed by atoms with Crippen LogP contribution in [0.2, 0.25) is 0 Å². The highest BCUT2D eigenvalue weighted by atomic mass is 19.1. The Kier molecular flexibility index (Phi) is 6.54. The van der Waals surface area contributed by atoms with Gasteiger partial charge in [-0.05, 0) is 56.7 Å². The van der Waals surface area contributed by atoms with E-state index in [1.807, 2.05) is 42.2 Å². The number of ether oxygens (including phenoxy) is 2. The van der Waals surface area contributed by atoms with Crippen LogP contribution in [0.15, 0.2) is 48.5 Å². The van der Waals surface area contributed by atoms with Crippen LogP contribution in [0, 0.1) is 11.7 Å². The standard InChI is InChI=1S/C25H28FNO4/c1-2-30-23-14-18(11-20(26)15-23)24(28)19-12-21-9-6-10-22(13-19)27(21)25(29)31-16-17-7-4-3-5-8-17/h3-5,7-8,11,14-15,19,21-22H,2,6,9-10,12-13,16H2,1H3. The molecule has 2 saturated heterocycles. The molecule has 31 heavy (non-hydrogen) atoms. The highest BCUT2D eigenvalue weighted by Crippen LogP contribution is 2.39. The fourth-order valence-corrected chi connectivity index (χ4v) is 4.88. The second-order valence-corrected chi connectivity index (χ2v) is 8.33. The average molecular weight is 426 g/mol. The molecule has 2 aliphatic heterocycles. The molecule has 2 aromatic rings. The van der Waals surface area contributed by atoms with Crippen molar-refractivity contribution in [2.45, 2.75) is 57.7 Å². The van der Waals surface area contributed by atoms with Crippen molar-refractivity contribution in [3.05, 3.63) is 65.5 Å². The van der Waals surface area contributed by atoms with Crippen LogP contribution in [0.3, 0.4) is 0 Å². The van der Waals surface area contributed by atoms with Crippen molar-refractivity contribution in [3.63, 3.8) is 0 Å². The van der Waals surface area contributed by atoms with Crippen molar-refractivity contribution in [3.8, 4) is 5.75 Å². The fraction of sp³-hybridized carbons (Fsp3) is 0.440. The van der Waals surface area contributed by atoms with Crippen molar-refractivity contribution in [1.29, 1.82) is 0 Å². The van der Waals surface area contributed by atoms with Crippen LogP contribution < -0.4 is 4.74 Å². The number of rotatable bonds is 6. The molecule has 2 heterocycles. The van der Waals surface area contributed by atoms with Gasteiger partial charge in [-0.3, -0.25) is 4.79 Å². The Morgan fingerprint density at radius 3 is 2.45 bits per heavy atom. The molecule has 164 valence electrons. The largest absolute Gasteiger partial charge is 0.494 e. The molecule has 2 aromatic carbocycles. The number of halogens is 1. The number of benzene rings is 2. The Morgan fingerprint density at radius 1 is 1.06 bits per heavy atom. The number of carbonyl (C=O) groups excluding carboxylic acids is 2. The Morgan fingerprint density at radius 2 is 1.77 bits per heavy atom. The van der Waals surface area contributed by atoms with E-state index < -0.39 is 5.82 Å². The number of fused-ring (bicyclic) bond motifs is 2. The number of amides is 1. The molecular formula is C25H28FNO4. The molecule has 2 unspecified atom stereocenters. The molecule has 0 aromatic heterocycles. The SMILES string of the molecule is CCOc1cc(F)cc(C(=O)C2CC3CCCC(C2)N3C(=O)OCc2ccccc2)c1. The lowest BCUT2D eigenvalue weighted by Gasteiger charge is -2.47. The summed E-state index contributed by atoms with van der Waals surface area (Å²) in [4.78, 5) is 27.9. The summed E-state index contributed by atoms with van der Waals surface area (Å²) in [5.41, 5.74) is 1.29. The highest BCUT2D eigenvalue weighted by molar-refractivity contribution is 5.98. The van der Waals surface area contributed by atoms with Gasteiger partial charge in [-0.1, -0.05) is 30.3 Å². The minimum atomic E-state index is -0.476. The first-order valence-electron chi connectivity index (χ1n) is 11.0. The lowest BCUT2D eigenvalue weighted by Crippen LogP contribution is -2.55. The van der Waals surface area contributed by atoms with Gasteiger partial charge >= 0.3 is 6.09 Å². The van der Waals surface area contributed by atoms with E-state index >= 15 is 0 Å². The van der Waals surface area contributed by atoms with Crippen LogP contribution in [0.1, 0.15) is 54.9 Å². The van der Waals surface area contributed by atoms with Crippen LogP contribution in [-0.2, 0) is 11.3 Å². The predicted molar refractivity (Wildman–Crippen MR) is 115 cm³/mol. The van der Waals surface area contributed by atoms with Gasteiger partial charge in [0.1, 0.15) is 18.2 Å². The van der Waals surface area contributed by atoms with Gasteiger partial charge in [-0.15, -0.1) is 0 Å². The lowest BCUT2D eigenvalue weighted by atomic mass is 9.76.